The average molecular weight is 248 g/mol. The monoisotopic (exact) mass is 248 g/mol. The molecule has 2 rings (SSSR count). The van der Waals surface area contributed by atoms with Gasteiger partial charge in [0.2, 0.25) is 0 Å². The first-order valence-corrected chi connectivity index (χ1v) is 6.14. The first-order chi connectivity index (χ1) is 8.24. The molecule has 1 aromatic rings. The van der Waals surface area contributed by atoms with Gasteiger partial charge in [-0.15, -0.1) is 0 Å². The highest BCUT2D eigenvalue weighted by molar-refractivity contribution is 6.04. The number of fused-ring (bicyclic) bond motifs is 1. The van der Waals surface area contributed by atoms with Gasteiger partial charge >= 0.3 is 0 Å². The average Bonchev–Trinajstić information content (AvgIpc) is 2.24. The Bertz CT molecular complexity index is 507. The van der Waals surface area contributed by atoms with E-state index in [0.717, 1.165) is 5.56 Å². The van der Waals surface area contributed by atoms with Crippen molar-refractivity contribution in [3.8, 4) is 5.75 Å². The molecule has 1 aliphatic rings. The molecule has 98 valence electrons. The quantitative estimate of drug-likeness (QED) is 0.777. The molecule has 1 amide bonds. The predicted octanol–water partition coefficient (Wildman–Crippen LogP) is 2.53. The van der Waals surface area contributed by atoms with Crippen molar-refractivity contribution in [2.24, 2.45) is 0 Å². The SMILES string of the molecule is CC(C)c1cc(N)c2c(c1)OC(C)(C)C(=O)N2C. The summed E-state index contributed by atoms with van der Waals surface area (Å²) in [4.78, 5) is 13.7. The first-order valence-electron chi connectivity index (χ1n) is 6.14. The molecular formula is C14H20N2O2. The van der Waals surface area contributed by atoms with Crippen LogP contribution in [0.4, 0.5) is 11.4 Å². The Balaban J connectivity index is 2.61. The molecule has 4 heteroatoms. The lowest BCUT2D eigenvalue weighted by atomic mass is 9.98. The minimum atomic E-state index is -0.843. The number of benzene rings is 1. The van der Waals surface area contributed by atoms with Crippen LogP contribution >= 0.6 is 0 Å². The molecule has 0 radical (unpaired) electrons. The summed E-state index contributed by atoms with van der Waals surface area (Å²) in [6, 6.07) is 3.88. The topological polar surface area (TPSA) is 55.6 Å². The standard InChI is InChI=1S/C14H20N2O2/c1-8(2)9-6-10(15)12-11(7-9)18-14(3,4)13(17)16(12)5/h6-8H,15H2,1-5H3. The van der Waals surface area contributed by atoms with E-state index in [1.807, 2.05) is 12.1 Å². The lowest BCUT2D eigenvalue weighted by Crippen LogP contribution is -2.51. The molecule has 0 unspecified atom stereocenters. The van der Waals surface area contributed by atoms with Crippen LogP contribution in [0.25, 0.3) is 0 Å². The van der Waals surface area contributed by atoms with Crippen molar-refractivity contribution in [2.75, 3.05) is 17.7 Å². The number of nitrogens with zero attached hydrogens (tertiary/aromatic N) is 1. The summed E-state index contributed by atoms with van der Waals surface area (Å²) in [6.07, 6.45) is 0. The van der Waals surface area contributed by atoms with E-state index in [9.17, 15) is 4.79 Å². The fourth-order valence-corrected chi connectivity index (χ4v) is 2.25. The van der Waals surface area contributed by atoms with Gasteiger partial charge in [-0.05, 0) is 37.5 Å². The van der Waals surface area contributed by atoms with Crippen LogP contribution in [0.15, 0.2) is 12.1 Å². The van der Waals surface area contributed by atoms with Crippen molar-refractivity contribution in [1.29, 1.82) is 0 Å². The van der Waals surface area contributed by atoms with Crippen LogP contribution in [0, 0.1) is 0 Å². The zero-order valence-corrected chi connectivity index (χ0v) is 11.6. The maximum Gasteiger partial charge on any atom is 0.270 e. The number of rotatable bonds is 1. The maximum atomic E-state index is 12.1. The molecule has 1 heterocycles. The summed E-state index contributed by atoms with van der Waals surface area (Å²) >= 11 is 0. The minimum absolute atomic E-state index is 0.0843. The van der Waals surface area contributed by atoms with Gasteiger partial charge in [0.15, 0.2) is 5.60 Å². The molecule has 0 aromatic heterocycles. The van der Waals surface area contributed by atoms with Crippen LogP contribution in [0.1, 0.15) is 39.2 Å². The number of nitrogens with two attached hydrogens (primary N) is 1. The van der Waals surface area contributed by atoms with Gasteiger partial charge in [-0.1, -0.05) is 13.8 Å². The van der Waals surface area contributed by atoms with Gasteiger partial charge in [0, 0.05) is 7.05 Å². The summed E-state index contributed by atoms with van der Waals surface area (Å²) in [5, 5.41) is 0. The normalized spacial score (nSPS) is 17.7. The highest BCUT2D eigenvalue weighted by atomic mass is 16.5. The van der Waals surface area contributed by atoms with Gasteiger partial charge in [0.25, 0.3) is 5.91 Å². The number of ether oxygens (including phenoxy) is 1. The molecule has 2 N–H and O–H groups in total. The fourth-order valence-electron chi connectivity index (χ4n) is 2.25. The molecule has 0 bridgehead atoms. The van der Waals surface area contributed by atoms with Crippen LogP contribution in [-0.4, -0.2) is 18.6 Å². The van der Waals surface area contributed by atoms with E-state index in [1.54, 1.807) is 25.8 Å². The third-order valence-corrected chi connectivity index (χ3v) is 3.31. The molecule has 0 aliphatic carbocycles. The van der Waals surface area contributed by atoms with Crippen molar-refractivity contribution < 1.29 is 9.53 Å². The van der Waals surface area contributed by atoms with E-state index in [-0.39, 0.29) is 5.91 Å². The van der Waals surface area contributed by atoms with Crippen molar-refractivity contribution in [3.05, 3.63) is 17.7 Å². The number of hydrogen-bond acceptors (Lipinski definition) is 3. The molecular weight excluding hydrogens is 228 g/mol. The molecule has 0 spiro atoms. The molecule has 0 saturated heterocycles. The van der Waals surface area contributed by atoms with E-state index < -0.39 is 5.60 Å². The Morgan fingerprint density at radius 2 is 1.94 bits per heavy atom. The molecule has 1 aromatic carbocycles. The van der Waals surface area contributed by atoms with Gasteiger partial charge < -0.3 is 15.4 Å². The second kappa shape index (κ2) is 3.90. The number of likely N-dealkylation sites (N-methyl/N-ethyl adjacent to an activating group) is 1. The Morgan fingerprint density at radius 3 is 2.50 bits per heavy atom. The van der Waals surface area contributed by atoms with Crippen molar-refractivity contribution in [1.82, 2.24) is 0 Å². The third-order valence-electron chi connectivity index (χ3n) is 3.31. The van der Waals surface area contributed by atoms with Gasteiger partial charge in [0.1, 0.15) is 11.4 Å². The lowest BCUT2D eigenvalue weighted by Gasteiger charge is -2.37. The molecule has 1 aliphatic heterocycles. The van der Waals surface area contributed by atoms with Gasteiger partial charge in [-0.2, -0.15) is 0 Å². The highest BCUT2D eigenvalue weighted by Gasteiger charge is 2.40. The largest absolute Gasteiger partial charge is 0.476 e. The van der Waals surface area contributed by atoms with Crippen LogP contribution in [-0.2, 0) is 4.79 Å². The summed E-state index contributed by atoms with van der Waals surface area (Å²) in [6.45, 7) is 7.74. The second-order valence-corrected chi connectivity index (χ2v) is 5.59. The number of anilines is 2. The maximum absolute atomic E-state index is 12.1. The van der Waals surface area contributed by atoms with Crippen LogP contribution in [0.3, 0.4) is 0 Å². The smallest absolute Gasteiger partial charge is 0.270 e. The van der Waals surface area contributed by atoms with E-state index in [0.29, 0.717) is 23.0 Å². The number of carbonyl (C=O) groups is 1. The van der Waals surface area contributed by atoms with E-state index in [4.69, 9.17) is 10.5 Å². The Labute approximate surface area is 108 Å². The number of nitrogen functional groups attached to an aromatic ring is 1. The number of amides is 1. The van der Waals surface area contributed by atoms with Crippen LogP contribution in [0.5, 0.6) is 5.75 Å². The van der Waals surface area contributed by atoms with Crippen molar-refractivity contribution in [2.45, 2.75) is 39.2 Å². The first kappa shape index (κ1) is 12.7. The number of hydrogen-bond donors (Lipinski definition) is 1. The fraction of sp³-hybridized carbons (Fsp3) is 0.500. The molecule has 0 atom stereocenters. The molecule has 18 heavy (non-hydrogen) atoms. The number of carbonyl (C=O) groups excluding carboxylic acids is 1. The Morgan fingerprint density at radius 1 is 1.33 bits per heavy atom. The Kier molecular flexibility index (Phi) is 2.76. The lowest BCUT2D eigenvalue weighted by molar-refractivity contribution is -0.132. The van der Waals surface area contributed by atoms with Crippen LogP contribution in [0.2, 0.25) is 0 Å². The molecule has 4 nitrogen and oxygen atoms in total. The minimum Gasteiger partial charge on any atom is -0.476 e. The van der Waals surface area contributed by atoms with Crippen molar-refractivity contribution >= 4 is 17.3 Å². The summed E-state index contributed by atoms with van der Waals surface area (Å²) in [7, 11) is 1.73. The third kappa shape index (κ3) is 1.82. The highest BCUT2D eigenvalue weighted by Crippen LogP contribution is 2.42. The van der Waals surface area contributed by atoms with E-state index in [1.165, 1.54) is 0 Å². The van der Waals surface area contributed by atoms with Crippen molar-refractivity contribution in [3.63, 3.8) is 0 Å². The van der Waals surface area contributed by atoms with Gasteiger partial charge in [0.05, 0.1) is 5.69 Å². The van der Waals surface area contributed by atoms with Gasteiger partial charge in [-0.25, -0.2) is 0 Å². The summed E-state index contributed by atoms with van der Waals surface area (Å²) in [5.41, 5.74) is 7.58. The van der Waals surface area contributed by atoms with Crippen LogP contribution < -0.4 is 15.4 Å². The van der Waals surface area contributed by atoms with E-state index in [2.05, 4.69) is 13.8 Å². The molecule has 0 saturated carbocycles. The zero-order valence-electron chi connectivity index (χ0n) is 11.6. The molecule has 0 fully saturated rings. The summed E-state index contributed by atoms with van der Waals surface area (Å²) in [5.74, 6) is 0.969. The summed E-state index contributed by atoms with van der Waals surface area (Å²) < 4.78 is 5.80. The zero-order chi connectivity index (χ0) is 13.7. The Hall–Kier alpha value is -1.71. The second-order valence-electron chi connectivity index (χ2n) is 5.59. The van der Waals surface area contributed by atoms with E-state index >= 15 is 0 Å². The van der Waals surface area contributed by atoms with Gasteiger partial charge in [-0.3, -0.25) is 4.79 Å². The predicted molar refractivity (Wildman–Crippen MR) is 73.1 cm³/mol.